The first-order valence-corrected chi connectivity index (χ1v) is 26.0. The summed E-state index contributed by atoms with van der Waals surface area (Å²) < 4.78 is 58.4. The van der Waals surface area contributed by atoms with E-state index < -0.39 is 24.0 Å². The number of benzene rings is 3. The van der Waals surface area contributed by atoms with E-state index in [0.717, 1.165) is 57.7 Å². The van der Waals surface area contributed by atoms with Gasteiger partial charge in [-0.2, -0.15) is 0 Å². The van der Waals surface area contributed by atoms with Gasteiger partial charge < -0.3 is 43.2 Å². The summed E-state index contributed by atoms with van der Waals surface area (Å²) in [5.41, 5.74) is 4.49. The molecule has 0 unspecified atom stereocenters. The van der Waals surface area contributed by atoms with Gasteiger partial charge in [-0.05, 0) is 105 Å². The smallest absolute Gasteiger partial charge is 0.345 e. The summed E-state index contributed by atoms with van der Waals surface area (Å²) >= 11 is 16.0. The number of ether oxygens (including phenoxy) is 7. The van der Waals surface area contributed by atoms with E-state index in [-0.39, 0.29) is 43.6 Å². The summed E-state index contributed by atoms with van der Waals surface area (Å²) in [6, 6.07) is 13.3. The number of piperazine rings is 1. The third-order valence-electron chi connectivity index (χ3n) is 13.9. The van der Waals surface area contributed by atoms with E-state index >= 15 is 0 Å². The molecule has 11 rings (SSSR count). The molecule has 4 bridgehead atoms. The zero-order chi connectivity index (χ0) is 49.9. The minimum Gasteiger partial charge on any atom is -0.490 e. The average Bonchev–Trinajstić information content (AvgIpc) is 3.78. The summed E-state index contributed by atoms with van der Waals surface area (Å²) in [4.78, 5) is 38.1. The number of halogens is 3. The van der Waals surface area contributed by atoms with Gasteiger partial charge in [0.1, 0.15) is 59.7 Å². The van der Waals surface area contributed by atoms with Gasteiger partial charge >= 0.3 is 5.97 Å². The number of fused-ring (bicyclic) bond motifs is 7. The zero-order valence-electron chi connectivity index (χ0n) is 40.4. The summed E-state index contributed by atoms with van der Waals surface area (Å²) in [6.07, 6.45) is 4.67. The Morgan fingerprint density at radius 2 is 1.68 bits per heavy atom. The van der Waals surface area contributed by atoms with E-state index in [1.54, 1.807) is 36.5 Å². The van der Waals surface area contributed by atoms with Crippen molar-refractivity contribution in [1.29, 1.82) is 0 Å². The van der Waals surface area contributed by atoms with Crippen LogP contribution in [-0.4, -0.2) is 138 Å². The van der Waals surface area contributed by atoms with Gasteiger partial charge in [-0.3, -0.25) is 4.90 Å². The SMILES string of the molecule is Cc1c(Cl)c2c(Cl)c(C)c1-c1c(-c3ccc(F)cc3)sc3ncnc(c13)O[C@@H](C(=O)O)Cc1cc(ccc1OCc1ccnc([C@H]3CC[C@H](OC[C@@H]4COCCO4)CC3)n1)OC[C@@H](CN1CCN(C)CC1)O2. The Hall–Kier alpha value is -5.24. The minimum atomic E-state index is -1.46. The Kier molecular flexibility index (Phi) is 15.7. The molecule has 4 aliphatic heterocycles. The minimum absolute atomic E-state index is 0.0262. The van der Waals surface area contributed by atoms with Crippen LogP contribution in [0, 0.1) is 19.7 Å². The van der Waals surface area contributed by atoms with E-state index in [2.05, 4.69) is 31.8 Å². The number of thiophene rings is 1. The molecular formula is C53H57Cl2FN6O9S. The molecule has 3 fully saturated rings. The lowest BCUT2D eigenvalue weighted by Gasteiger charge is -2.35. The molecule has 3 aromatic heterocycles. The zero-order valence-corrected chi connectivity index (χ0v) is 42.7. The normalized spacial score (nSPS) is 22.2. The lowest BCUT2D eigenvalue weighted by Crippen LogP contribution is -2.49. The van der Waals surface area contributed by atoms with Crippen LogP contribution in [-0.2, 0) is 32.0 Å². The monoisotopic (exact) mass is 1040 g/mol. The molecule has 15 nitrogen and oxygen atoms in total. The molecule has 0 amide bonds. The molecule has 7 heterocycles. The molecule has 19 heteroatoms. The predicted octanol–water partition coefficient (Wildman–Crippen LogP) is 9.38. The molecule has 1 aliphatic carbocycles. The van der Waals surface area contributed by atoms with Gasteiger partial charge in [0, 0.05) is 67.3 Å². The van der Waals surface area contributed by atoms with Crippen LogP contribution in [0.2, 0.25) is 10.0 Å². The Labute approximate surface area is 431 Å². The molecule has 380 valence electrons. The summed E-state index contributed by atoms with van der Waals surface area (Å²) in [5.74, 6) is 0.559. The van der Waals surface area contributed by atoms with Crippen LogP contribution < -0.4 is 18.9 Å². The maximum atomic E-state index is 14.4. The predicted molar refractivity (Wildman–Crippen MR) is 272 cm³/mol. The van der Waals surface area contributed by atoms with E-state index in [1.165, 1.54) is 29.8 Å². The van der Waals surface area contributed by atoms with Gasteiger partial charge in [0.25, 0.3) is 0 Å². The molecule has 3 aromatic carbocycles. The maximum absolute atomic E-state index is 14.4. The van der Waals surface area contributed by atoms with Crippen molar-refractivity contribution in [2.45, 2.75) is 82.9 Å². The van der Waals surface area contributed by atoms with Gasteiger partial charge in [0.2, 0.25) is 12.0 Å². The third kappa shape index (κ3) is 11.3. The number of hydrogen-bond acceptors (Lipinski definition) is 15. The fourth-order valence-electron chi connectivity index (χ4n) is 9.92. The number of hydrogen-bond donors (Lipinski definition) is 1. The highest BCUT2D eigenvalue weighted by molar-refractivity contribution is 7.22. The van der Waals surface area contributed by atoms with Gasteiger partial charge in [-0.15, -0.1) is 11.3 Å². The van der Waals surface area contributed by atoms with Crippen molar-refractivity contribution in [2.75, 3.05) is 72.8 Å². The van der Waals surface area contributed by atoms with Crippen LogP contribution in [0.1, 0.15) is 59.8 Å². The Morgan fingerprint density at radius 1 is 0.903 bits per heavy atom. The number of likely N-dealkylation sites (N-methyl/N-ethyl adjacent to an activating group) is 1. The first-order valence-electron chi connectivity index (χ1n) is 24.5. The van der Waals surface area contributed by atoms with Gasteiger partial charge in [0.15, 0.2) is 5.75 Å². The molecule has 0 spiro atoms. The molecule has 1 saturated carbocycles. The van der Waals surface area contributed by atoms with E-state index in [4.69, 9.17) is 61.3 Å². The number of carboxylic acids is 1. The summed E-state index contributed by atoms with van der Waals surface area (Å²) in [7, 11) is 2.11. The highest BCUT2D eigenvalue weighted by atomic mass is 35.5. The number of nitrogens with zero attached hydrogens (tertiary/aromatic N) is 6. The molecule has 5 aliphatic rings. The van der Waals surface area contributed by atoms with Crippen molar-refractivity contribution in [3.63, 3.8) is 0 Å². The quantitative estimate of drug-likeness (QED) is 0.131. The van der Waals surface area contributed by atoms with Crippen LogP contribution >= 0.6 is 34.5 Å². The van der Waals surface area contributed by atoms with Crippen LogP contribution in [0.25, 0.3) is 31.8 Å². The maximum Gasteiger partial charge on any atom is 0.345 e. The highest BCUT2D eigenvalue weighted by Gasteiger charge is 2.33. The lowest BCUT2D eigenvalue weighted by atomic mass is 9.86. The van der Waals surface area contributed by atoms with Gasteiger partial charge in [-0.25, -0.2) is 29.1 Å². The summed E-state index contributed by atoms with van der Waals surface area (Å²) in [5, 5.41) is 12.0. The number of aromatic nitrogens is 4. The number of carbonyl (C=O) groups is 1. The fourth-order valence-corrected chi connectivity index (χ4v) is 11.6. The van der Waals surface area contributed by atoms with Crippen molar-refractivity contribution < 1.29 is 47.4 Å². The summed E-state index contributed by atoms with van der Waals surface area (Å²) in [6.45, 7) is 10.3. The molecule has 72 heavy (non-hydrogen) atoms. The molecule has 2 saturated heterocycles. The lowest BCUT2D eigenvalue weighted by molar-refractivity contribution is -0.145. The van der Waals surface area contributed by atoms with Crippen molar-refractivity contribution in [3.8, 4) is 44.7 Å². The third-order valence-corrected chi connectivity index (χ3v) is 16.0. The van der Waals surface area contributed by atoms with Crippen molar-refractivity contribution in [2.24, 2.45) is 0 Å². The second-order valence-corrected chi connectivity index (χ2v) is 20.7. The molecular weight excluding hydrogens is 987 g/mol. The van der Waals surface area contributed by atoms with Gasteiger partial charge in [-0.1, -0.05) is 35.3 Å². The van der Waals surface area contributed by atoms with E-state index in [1.807, 2.05) is 19.9 Å². The molecule has 0 radical (unpaired) electrons. The first-order chi connectivity index (χ1) is 34.9. The molecule has 3 atom stereocenters. The van der Waals surface area contributed by atoms with Crippen LogP contribution in [0.5, 0.6) is 23.1 Å². The number of carboxylic acid groups (broad SMARTS) is 1. The topological polar surface area (TPSA) is 160 Å². The number of rotatable bonds is 11. The molecule has 1 N–H and O–H groups in total. The van der Waals surface area contributed by atoms with E-state index in [9.17, 15) is 14.3 Å². The largest absolute Gasteiger partial charge is 0.490 e. The van der Waals surface area contributed by atoms with Crippen LogP contribution in [0.15, 0.2) is 61.1 Å². The van der Waals surface area contributed by atoms with Crippen molar-refractivity contribution >= 4 is 50.7 Å². The first kappa shape index (κ1) is 50.3. The second kappa shape index (κ2) is 22.5. The van der Waals surface area contributed by atoms with Gasteiger partial charge in [0.05, 0.1) is 53.7 Å². The molecule has 6 aromatic rings. The fraction of sp³-hybridized carbons (Fsp3) is 0.453. The van der Waals surface area contributed by atoms with Crippen molar-refractivity contribution in [3.05, 3.63) is 105 Å². The number of aliphatic carboxylic acids is 1. The Bertz CT molecular complexity index is 2860. The van der Waals surface area contributed by atoms with Crippen LogP contribution in [0.3, 0.4) is 0 Å². The standard InChI is InChI=1S/C53H57Cl2FN6O9S/c1-30-43-31(2)47(55)48(46(30)54)70-39(24-62-18-16-61(3)17-19-62)27-68-38-12-13-41(69-25-36-14-15-57-50(60-36)33-6-10-37(11-7-33)67-28-40-26-65-20-21-66-40)34(22-38)23-42(53(63)64)71-51-45-44(43)49(72-52(45)59-29-58-51)32-4-8-35(56)9-5-32/h4-5,8-9,12-15,22,29,33,37,39-40,42H,6-7,10-11,16-21,23-28H2,1-3H3,(H,63,64)/t33-,37-,39-,40+,42-/m1/s1. The Balaban J connectivity index is 0.984. The van der Waals surface area contributed by atoms with Crippen LogP contribution in [0.4, 0.5) is 4.39 Å². The second-order valence-electron chi connectivity index (χ2n) is 18.9. The average molecular weight is 1040 g/mol. The highest BCUT2D eigenvalue weighted by Crippen LogP contribution is 2.53. The Morgan fingerprint density at radius 3 is 2.42 bits per heavy atom. The van der Waals surface area contributed by atoms with Crippen molar-refractivity contribution in [1.82, 2.24) is 29.7 Å². The van der Waals surface area contributed by atoms with E-state index in [0.29, 0.717) is 114 Å².